The van der Waals surface area contributed by atoms with Crippen LogP contribution in [-0.4, -0.2) is 25.1 Å². The van der Waals surface area contributed by atoms with Gasteiger partial charge in [-0.15, -0.1) is 0 Å². The maximum absolute atomic E-state index is 12.3. The first-order valence-electron chi connectivity index (χ1n) is 5.99. The maximum Gasteiger partial charge on any atom is 0.259 e. The average Bonchev–Trinajstić information content (AvgIpc) is 2.49. The molecule has 0 aliphatic heterocycles. The lowest BCUT2D eigenvalue weighted by Gasteiger charge is -2.12. The summed E-state index contributed by atoms with van der Waals surface area (Å²) in [5.74, 6) is 0.781. The van der Waals surface area contributed by atoms with E-state index >= 15 is 0 Å². The van der Waals surface area contributed by atoms with Gasteiger partial charge in [-0.2, -0.15) is 0 Å². The molecule has 3 N–H and O–H groups in total. The van der Waals surface area contributed by atoms with E-state index in [4.69, 9.17) is 26.8 Å². The normalized spacial score (nSPS) is 10.0. The number of halogens is 1. The van der Waals surface area contributed by atoms with Gasteiger partial charge in [0.05, 0.1) is 30.5 Å². The first kappa shape index (κ1) is 14.9. The van der Waals surface area contributed by atoms with Crippen LogP contribution in [-0.2, 0) is 0 Å². The molecule has 1 heterocycles. The van der Waals surface area contributed by atoms with Crippen molar-refractivity contribution < 1.29 is 14.3 Å². The Hall–Kier alpha value is -2.47. The number of nitrogens with one attached hydrogen (secondary N) is 1. The summed E-state index contributed by atoms with van der Waals surface area (Å²) in [7, 11) is 2.96. The molecule has 0 fully saturated rings. The third kappa shape index (κ3) is 3.35. The molecule has 0 spiro atoms. The molecule has 0 saturated carbocycles. The maximum atomic E-state index is 12.3. The Morgan fingerprint density at radius 3 is 2.62 bits per heavy atom. The van der Waals surface area contributed by atoms with Gasteiger partial charge in [-0.3, -0.25) is 4.79 Å². The van der Waals surface area contributed by atoms with Crippen LogP contribution >= 0.6 is 11.6 Å². The van der Waals surface area contributed by atoms with Crippen molar-refractivity contribution in [2.24, 2.45) is 0 Å². The summed E-state index contributed by atoms with van der Waals surface area (Å²) in [4.78, 5) is 16.3. The van der Waals surface area contributed by atoms with Crippen LogP contribution in [0, 0.1) is 0 Å². The first-order valence-corrected chi connectivity index (χ1v) is 6.37. The molecule has 1 aromatic carbocycles. The number of hydrogen-bond donors (Lipinski definition) is 2. The van der Waals surface area contributed by atoms with Crippen molar-refractivity contribution in [2.45, 2.75) is 0 Å². The van der Waals surface area contributed by atoms with Crippen molar-refractivity contribution in [1.82, 2.24) is 4.98 Å². The average molecular weight is 308 g/mol. The summed E-state index contributed by atoms with van der Waals surface area (Å²) in [6.45, 7) is 0. The molecular weight excluding hydrogens is 294 g/mol. The zero-order chi connectivity index (χ0) is 15.4. The largest absolute Gasteiger partial charge is 0.497 e. The molecule has 2 rings (SSSR count). The van der Waals surface area contributed by atoms with Crippen LogP contribution < -0.4 is 20.5 Å². The molecular formula is C14H14ClN3O3. The van der Waals surface area contributed by atoms with Gasteiger partial charge < -0.3 is 20.5 Å². The highest BCUT2D eigenvalue weighted by Gasteiger charge is 2.16. The van der Waals surface area contributed by atoms with E-state index in [-0.39, 0.29) is 11.3 Å². The number of hydrogen-bond acceptors (Lipinski definition) is 5. The zero-order valence-electron chi connectivity index (χ0n) is 11.5. The second kappa shape index (κ2) is 6.32. The van der Waals surface area contributed by atoms with Crippen LogP contribution in [0.1, 0.15) is 10.4 Å². The fourth-order valence-corrected chi connectivity index (χ4v) is 1.82. The monoisotopic (exact) mass is 307 g/mol. The molecule has 0 saturated heterocycles. The van der Waals surface area contributed by atoms with Crippen molar-refractivity contribution >= 4 is 29.0 Å². The minimum Gasteiger partial charge on any atom is -0.497 e. The lowest BCUT2D eigenvalue weighted by molar-refractivity contribution is 0.102. The Bertz CT molecular complexity index is 659. The van der Waals surface area contributed by atoms with Crippen LogP contribution in [0.5, 0.6) is 11.5 Å². The van der Waals surface area contributed by atoms with E-state index in [0.717, 1.165) is 0 Å². The highest BCUT2D eigenvalue weighted by Crippen LogP contribution is 2.31. The number of methoxy groups -OCH3 is 2. The number of aromatic nitrogens is 1. The zero-order valence-corrected chi connectivity index (χ0v) is 12.3. The van der Waals surface area contributed by atoms with Gasteiger partial charge in [-0.05, 0) is 18.2 Å². The van der Waals surface area contributed by atoms with Gasteiger partial charge in [0.25, 0.3) is 5.91 Å². The van der Waals surface area contributed by atoms with Crippen molar-refractivity contribution in [3.8, 4) is 11.5 Å². The Morgan fingerprint density at radius 1 is 1.29 bits per heavy atom. The van der Waals surface area contributed by atoms with E-state index in [9.17, 15) is 4.79 Å². The van der Waals surface area contributed by atoms with E-state index in [1.54, 1.807) is 18.2 Å². The van der Waals surface area contributed by atoms with E-state index in [1.165, 1.54) is 26.5 Å². The van der Waals surface area contributed by atoms with Gasteiger partial charge in [-0.25, -0.2) is 4.98 Å². The first-order chi connectivity index (χ1) is 10.0. The SMILES string of the molecule is COc1cc(OC)c(N)c(C(=O)Nc2ccc(Cl)cn2)c1. The Morgan fingerprint density at radius 2 is 2.05 bits per heavy atom. The van der Waals surface area contributed by atoms with E-state index in [1.807, 2.05) is 0 Å². The predicted molar refractivity (Wildman–Crippen MR) is 81.2 cm³/mol. The van der Waals surface area contributed by atoms with Gasteiger partial charge in [-0.1, -0.05) is 11.6 Å². The number of nitrogens with zero attached hydrogens (tertiary/aromatic N) is 1. The number of benzene rings is 1. The Balaban J connectivity index is 2.32. The highest BCUT2D eigenvalue weighted by atomic mass is 35.5. The summed E-state index contributed by atoms with van der Waals surface area (Å²) in [6.07, 6.45) is 1.44. The fourth-order valence-electron chi connectivity index (χ4n) is 1.71. The quantitative estimate of drug-likeness (QED) is 0.848. The number of amides is 1. The van der Waals surface area contributed by atoms with E-state index < -0.39 is 5.91 Å². The number of pyridine rings is 1. The van der Waals surface area contributed by atoms with Crippen molar-refractivity contribution in [2.75, 3.05) is 25.3 Å². The number of nitrogens with two attached hydrogens (primary N) is 1. The summed E-state index contributed by atoms with van der Waals surface area (Å²) >= 11 is 5.74. The molecule has 1 amide bonds. The molecule has 6 nitrogen and oxygen atoms in total. The number of anilines is 2. The minimum atomic E-state index is -0.417. The summed E-state index contributed by atoms with van der Waals surface area (Å²) in [5.41, 5.74) is 6.38. The number of ether oxygens (including phenoxy) is 2. The molecule has 1 aromatic heterocycles. The lowest BCUT2D eigenvalue weighted by Crippen LogP contribution is -2.15. The Labute approximate surface area is 126 Å². The van der Waals surface area contributed by atoms with E-state index in [0.29, 0.717) is 22.3 Å². The van der Waals surface area contributed by atoms with Crippen molar-refractivity contribution in [1.29, 1.82) is 0 Å². The number of rotatable bonds is 4. The molecule has 0 aliphatic carbocycles. The highest BCUT2D eigenvalue weighted by molar-refractivity contribution is 6.30. The summed E-state index contributed by atoms with van der Waals surface area (Å²) < 4.78 is 10.2. The van der Waals surface area contributed by atoms with Gasteiger partial charge in [0.15, 0.2) is 0 Å². The topological polar surface area (TPSA) is 86.5 Å². The second-order valence-electron chi connectivity index (χ2n) is 4.11. The van der Waals surface area contributed by atoms with Gasteiger partial charge in [0.1, 0.15) is 17.3 Å². The second-order valence-corrected chi connectivity index (χ2v) is 4.54. The number of nitrogen functional groups attached to an aromatic ring is 1. The van der Waals surface area contributed by atoms with Gasteiger partial charge in [0.2, 0.25) is 0 Å². The lowest BCUT2D eigenvalue weighted by atomic mass is 10.1. The molecule has 0 radical (unpaired) electrons. The van der Waals surface area contributed by atoms with Crippen LogP contribution in [0.25, 0.3) is 0 Å². The van der Waals surface area contributed by atoms with Crippen LogP contribution in [0.4, 0.5) is 11.5 Å². The third-order valence-electron chi connectivity index (χ3n) is 2.78. The van der Waals surface area contributed by atoms with Crippen LogP contribution in [0.3, 0.4) is 0 Å². The molecule has 0 atom stereocenters. The van der Waals surface area contributed by atoms with Gasteiger partial charge >= 0.3 is 0 Å². The standard InChI is InChI=1S/C14H14ClN3O3/c1-20-9-5-10(13(16)11(6-9)21-2)14(19)18-12-4-3-8(15)7-17-12/h3-7H,16H2,1-2H3,(H,17,18,19). The number of carbonyl (C=O) groups excluding carboxylic acids is 1. The third-order valence-corrected chi connectivity index (χ3v) is 3.01. The van der Waals surface area contributed by atoms with Crippen LogP contribution in [0.2, 0.25) is 5.02 Å². The molecule has 0 bridgehead atoms. The molecule has 110 valence electrons. The van der Waals surface area contributed by atoms with Crippen molar-refractivity contribution in [3.05, 3.63) is 41.0 Å². The molecule has 2 aromatic rings. The predicted octanol–water partition coefficient (Wildman–Crippen LogP) is 2.59. The summed E-state index contributed by atoms with van der Waals surface area (Å²) in [6, 6.07) is 6.35. The molecule has 0 aliphatic rings. The number of carbonyl (C=O) groups is 1. The minimum absolute atomic E-state index is 0.227. The van der Waals surface area contributed by atoms with Gasteiger partial charge in [0, 0.05) is 12.3 Å². The summed E-state index contributed by atoms with van der Waals surface area (Å²) in [5, 5.41) is 3.11. The molecule has 21 heavy (non-hydrogen) atoms. The fraction of sp³-hybridized carbons (Fsp3) is 0.143. The molecule has 0 unspecified atom stereocenters. The van der Waals surface area contributed by atoms with E-state index in [2.05, 4.69) is 10.3 Å². The molecule has 7 heteroatoms. The Kier molecular flexibility index (Phi) is 4.49. The smallest absolute Gasteiger partial charge is 0.259 e. The van der Waals surface area contributed by atoms with Crippen LogP contribution in [0.15, 0.2) is 30.5 Å². The van der Waals surface area contributed by atoms with Crippen molar-refractivity contribution in [3.63, 3.8) is 0 Å².